The first-order valence-corrected chi connectivity index (χ1v) is 12.9. The average Bonchev–Trinajstić information content (AvgIpc) is 2.69. The van der Waals surface area contributed by atoms with Gasteiger partial charge in [-0.3, -0.25) is 0 Å². The maximum atomic E-state index is 12.5. The van der Waals surface area contributed by atoms with E-state index in [1.165, 1.54) is 5.56 Å². The molecule has 0 amide bonds. The Balaban J connectivity index is 1.55. The number of hydrogen-bond acceptors (Lipinski definition) is 5. The third kappa shape index (κ3) is 6.62. The molecule has 0 aliphatic carbocycles. The first-order valence-electron chi connectivity index (χ1n) is 8.80. The van der Waals surface area contributed by atoms with Crippen LogP contribution < -0.4 is 4.74 Å². The summed E-state index contributed by atoms with van der Waals surface area (Å²) >= 11 is 0. The molecule has 3 aromatic carbocycles. The second-order valence-electron chi connectivity index (χ2n) is 6.36. The summed E-state index contributed by atoms with van der Waals surface area (Å²) in [6.07, 6.45) is 0. The lowest BCUT2D eigenvalue weighted by atomic mass is 10.2. The summed E-state index contributed by atoms with van der Waals surface area (Å²) in [5, 5.41) is 0. The van der Waals surface area contributed by atoms with Crippen molar-refractivity contribution in [2.45, 2.75) is 22.2 Å². The molecule has 0 spiro atoms. The van der Waals surface area contributed by atoms with Crippen LogP contribution in [0, 0.1) is 0 Å². The zero-order valence-electron chi connectivity index (χ0n) is 15.6. The van der Waals surface area contributed by atoms with Crippen molar-refractivity contribution in [1.29, 1.82) is 0 Å². The summed E-state index contributed by atoms with van der Waals surface area (Å²) in [4.78, 5) is 1.06. The third-order valence-electron chi connectivity index (χ3n) is 4.05. The second kappa shape index (κ2) is 10.0. The van der Waals surface area contributed by atoms with Crippen molar-refractivity contribution in [2.24, 2.45) is 0 Å². The molecule has 0 saturated carbocycles. The van der Waals surface area contributed by atoms with E-state index in [4.69, 9.17) is 4.74 Å². The normalized spacial score (nSPS) is 11.3. The second-order valence-corrected chi connectivity index (χ2v) is 10.8. The first-order chi connectivity index (χ1) is 13.5. The van der Waals surface area contributed by atoms with E-state index in [0.29, 0.717) is 0 Å². The highest BCUT2D eigenvalue weighted by atomic mass is 33.1. The summed E-state index contributed by atoms with van der Waals surface area (Å²) in [5.41, 5.74) is 2.87. The minimum absolute atomic E-state index is 0.0550. The van der Waals surface area contributed by atoms with Crippen molar-refractivity contribution in [3.8, 4) is 5.75 Å². The Bertz CT molecular complexity index is 985. The van der Waals surface area contributed by atoms with E-state index in [1.54, 1.807) is 28.7 Å². The molecule has 3 rings (SSSR count). The van der Waals surface area contributed by atoms with Gasteiger partial charge in [-0.25, -0.2) is 8.42 Å². The number of rotatable bonds is 9. The maximum absolute atomic E-state index is 12.5. The molecule has 0 aromatic heterocycles. The Kier molecular flexibility index (Phi) is 7.48. The standard InChI is InChI=1S/C22H22O3S3/c1-25-21-12-10-18(11-13-21)15-26-27-22-9-5-8-20(14-22)17-28(23,24)16-19-6-3-2-4-7-19/h2-14H,15-17H2,1H3. The van der Waals surface area contributed by atoms with E-state index in [9.17, 15) is 8.42 Å². The van der Waals surface area contributed by atoms with Gasteiger partial charge in [-0.05, 0) is 41.0 Å². The minimum Gasteiger partial charge on any atom is -0.497 e. The van der Waals surface area contributed by atoms with Gasteiger partial charge in [0.2, 0.25) is 0 Å². The van der Waals surface area contributed by atoms with Crippen LogP contribution in [0.5, 0.6) is 5.75 Å². The monoisotopic (exact) mass is 430 g/mol. The minimum atomic E-state index is -3.20. The number of ether oxygens (including phenoxy) is 1. The molecule has 0 bridgehead atoms. The summed E-state index contributed by atoms with van der Waals surface area (Å²) in [7, 11) is 1.85. The van der Waals surface area contributed by atoms with E-state index in [2.05, 4.69) is 12.1 Å². The van der Waals surface area contributed by atoms with Crippen molar-refractivity contribution < 1.29 is 13.2 Å². The number of hydrogen-bond donors (Lipinski definition) is 0. The molecule has 0 N–H and O–H groups in total. The Labute approximate surface area is 174 Å². The van der Waals surface area contributed by atoms with Crippen LogP contribution in [-0.4, -0.2) is 15.5 Å². The molecule has 3 nitrogen and oxygen atoms in total. The van der Waals surface area contributed by atoms with Crippen LogP contribution >= 0.6 is 21.6 Å². The Morgan fingerprint density at radius 3 is 2.18 bits per heavy atom. The fraction of sp³-hybridized carbons (Fsp3) is 0.182. The molecule has 0 heterocycles. The van der Waals surface area contributed by atoms with Gasteiger partial charge >= 0.3 is 0 Å². The Morgan fingerprint density at radius 1 is 0.786 bits per heavy atom. The third-order valence-corrected chi connectivity index (χ3v) is 7.90. The van der Waals surface area contributed by atoms with E-state index in [0.717, 1.165) is 27.5 Å². The Morgan fingerprint density at radius 2 is 1.46 bits per heavy atom. The van der Waals surface area contributed by atoms with Gasteiger partial charge in [-0.1, -0.05) is 76.2 Å². The summed E-state index contributed by atoms with van der Waals surface area (Å²) in [5.74, 6) is 1.84. The molecule has 146 valence electrons. The van der Waals surface area contributed by atoms with E-state index < -0.39 is 9.84 Å². The van der Waals surface area contributed by atoms with Gasteiger partial charge in [0.15, 0.2) is 9.84 Å². The largest absolute Gasteiger partial charge is 0.497 e. The highest BCUT2D eigenvalue weighted by Gasteiger charge is 2.13. The van der Waals surface area contributed by atoms with Gasteiger partial charge in [-0.2, -0.15) is 0 Å². The highest BCUT2D eigenvalue weighted by molar-refractivity contribution is 8.76. The SMILES string of the molecule is COc1ccc(CSSc2cccc(CS(=O)(=O)Cc3ccccc3)c2)cc1. The molecular formula is C22H22O3S3. The predicted octanol–water partition coefficient (Wildman–Crippen LogP) is 5.75. The van der Waals surface area contributed by atoms with Crippen LogP contribution in [0.1, 0.15) is 16.7 Å². The van der Waals surface area contributed by atoms with Gasteiger partial charge in [-0.15, -0.1) is 0 Å². The molecule has 0 unspecified atom stereocenters. The number of benzene rings is 3. The van der Waals surface area contributed by atoms with Crippen LogP contribution in [0.25, 0.3) is 0 Å². The molecule has 0 radical (unpaired) electrons. The lowest BCUT2D eigenvalue weighted by Crippen LogP contribution is -2.07. The molecule has 0 aliphatic heterocycles. The Hall–Kier alpha value is -1.89. The van der Waals surface area contributed by atoms with Crippen molar-refractivity contribution in [1.82, 2.24) is 0 Å². The molecule has 6 heteroatoms. The maximum Gasteiger partial charge on any atom is 0.158 e. The predicted molar refractivity (Wildman–Crippen MR) is 119 cm³/mol. The van der Waals surface area contributed by atoms with Gasteiger partial charge in [0.25, 0.3) is 0 Å². The van der Waals surface area contributed by atoms with Crippen LogP contribution in [0.3, 0.4) is 0 Å². The molecule has 0 fully saturated rings. The van der Waals surface area contributed by atoms with Crippen LogP contribution in [0.15, 0.2) is 83.8 Å². The van der Waals surface area contributed by atoms with Crippen molar-refractivity contribution >= 4 is 31.4 Å². The quantitative estimate of drug-likeness (QED) is 0.404. The lowest BCUT2D eigenvalue weighted by molar-refractivity contribution is 0.414. The van der Waals surface area contributed by atoms with Crippen LogP contribution in [-0.2, 0) is 27.1 Å². The summed E-state index contributed by atoms with van der Waals surface area (Å²) in [6.45, 7) is 0. The molecular weight excluding hydrogens is 408 g/mol. The van der Waals surface area contributed by atoms with E-state index in [1.807, 2.05) is 66.7 Å². The fourth-order valence-corrected chi connectivity index (χ4v) is 6.36. The first kappa shape index (κ1) is 20.8. The van der Waals surface area contributed by atoms with Crippen molar-refractivity contribution in [2.75, 3.05) is 7.11 Å². The zero-order chi connectivity index (χ0) is 19.8. The van der Waals surface area contributed by atoms with Crippen LogP contribution in [0.2, 0.25) is 0 Å². The molecule has 0 atom stereocenters. The van der Waals surface area contributed by atoms with Crippen molar-refractivity contribution in [3.05, 3.63) is 95.6 Å². The lowest BCUT2D eigenvalue weighted by Gasteiger charge is -2.07. The highest BCUT2D eigenvalue weighted by Crippen LogP contribution is 2.34. The fourth-order valence-electron chi connectivity index (χ4n) is 2.71. The average molecular weight is 431 g/mol. The van der Waals surface area contributed by atoms with Crippen molar-refractivity contribution in [3.63, 3.8) is 0 Å². The van der Waals surface area contributed by atoms with E-state index in [-0.39, 0.29) is 11.5 Å². The summed E-state index contributed by atoms with van der Waals surface area (Å²) in [6, 6.07) is 25.1. The molecule has 28 heavy (non-hydrogen) atoms. The van der Waals surface area contributed by atoms with Gasteiger partial charge < -0.3 is 4.74 Å². The molecule has 0 saturated heterocycles. The van der Waals surface area contributed by atoms with Crippen LogP contribution in [0.4, 0.5) is 0 Å². The summed E-state index contributed by atoms with van der Waals surface area (Å²) < 4.78 is 30.2. The van der Waals surface area contributed by atoms with Gasteiger partial charge in [0.1, 0.15) is 5.75 Å². The zero-order valence-corrected chi connectivity index (χ0v) is 18.0. The molecule has 0 aliphatic rings. The van der Waals surface area contributed by atoms with Gasteiger partial charge in [0.05, 0.1) is 18.6 Å². The number of methoxy groups -OCH3 is 1. The topological polar surface area (TPSA) is 43.4 Å². The number of sulfone groups is 1. The van der Waals surface area contributed by atoms with E-state index >= 15 is 0 Å². The smallest absolute Gasteiger partial charge is 0.158 e. The molecule has 3 aromatic rings. The van der Waals surface area contributed by atoms with Gasteiger partial charge in [0, 0.05) is 10.6 Å².